The van der Waals surface area contributed by atoms with Crippen molar-refractivity contribution in [3.05, 3.63) is 70.8 Å². The maximum Gasteiger partial charge on any atom is 0.162 e. The third-order valence-corrected chi connectivity index (χ3v) is 4.30. The SMILES string of the molecule is CCC(=O)c1cccc(CN(C)Cc2ccc(C(C)(C)C)cc2)c1. The zero-order chi connectivity index (χ0) is 17.7. The predicted octanol–water partition coefficient (Wildman–Crippen LogP) is 5.21. The van der Waals surface area contributed by atoms with Crippen molar-refractivity contribution >= 4 is 5.78 Å². The van der Waals surface area contributed by atoms with E-state index >= 15 is 0 Å². The Morgan fingerprint density at radius 2 is 1.58 bits per heavy atom. The average molecular weight is 323 g/mol. The molecule has 0 fully saturated rings. The van der Waals surface area contributed by atoms with Crippen LogP contribution in [0.2, 0.25) is 0 Å². The molecule has 2 nitrogen and oxygen atoms in total. The molecule has 24 heavy (non-hydrogen) atoms. The van der Waals surface area contributed by atoms with Crippen LogP contribution in [0.15, 0.2) is 48.5 Å². The molecule has 0 aromatic heterocycles. The first kappa shape index (κ1) is 18.4. The van der Waals surface area contributed by atoms with Gasteiger partial charge < -0.3 is 0 Å². The van der Waals surface area contributed by atoms with Crippen LogP contribution in [0.25, 0.3) is 0 Å². The van der Waals surface area contributed by atoms with Gasteiger partial charge in [0.25, 0.3) is 0 Å². The van der Waals surface area contributed by atoms with Crippen LogP contribution in [0.5, 0.6) is 0 Å². The third kappa shape index (κ3) is 5.04. The number of ketones is 1. The van der Waals surface area contributed by atoms with Crippen LogP contribution >= 0.6 is 0 Å². The Morgan fingerprint density at radius 1 is 0.958 bits per heavy atom. The van der Waals surface area contributed by atoms with Gasteiger partial charge in [-0.15, -0.1) is 0 Å². The second-order valence-corrected chi connectivity index (χ2v) is 7.60. The summed E-state index contributed by atoms with van der Waals surface area (Å²) in [6.45, 7) is 10.3. The van der Waals surface area contributed by atoms with Crippen molar-refractivity contribution in [1.29, 1.82) is 0 Å². The van der Waals surface area contributed by atoms with Crippen molar-refractivity contribution in [3.8, 4) is 0 Å². The maximum atomic E-state index is 11.8. The molecule has 0 spiro atoms. The van der Waals surface area contributed by atoms with Gasteiger partial charge in [-0.25, -0.2) is 0 Å². The molecule has 0 N–H and O–H groups in total. The smallest absolute Gasteiger partial charge is 0.162 e. The molecule has 2 heteroatoms. The molecule has 0 saturated carbocycles. The summed E-state index contributed by atoms with van der Waals surface area (Å²) >= 11 is 0. The highest BCUT2D eigenvalue weighted by Gasteiger charge is 2.13. The van der Waals surface area contributed by atoms with Crippen LogP contribution in [0.1, 0.15) is 61.2 Å². The molecule has 0 amide bonds. The van der Waals surface area contributed by atoms with Crippen molar-refractivity contribution in [3.63, 3.8) is 0 Å². The van der Waals surface area contributed by atoms with Crippen LogP contribution in [-0.4, -0.2) is 17.7 Å². The van der Waals surface area contributed by atoms with Crippen molar-refractivity contribution < 1.29 is 4.79 Å². The number of benzene rings is 2. The Bertz CT molecular complexity index is 680. The normalized spacial score (nSPS) is 11.8. The number of carbonyl (C=O) groups excluding carboxylic acids is 1. The van der Waals surface area contributed by atoms with E-state index < -0.39 is 0 Å². The van der Waals surface area contributed by atoms with Gasteiger partial charge in [0.15, 0.2) is 5.78 Å². The van der Waals surface area contributed by atoms with Crippen LogP contribution in [0, 0.1) is 0 Å². The van der Waals surface area contributed by atoms with E-state index in [1.165, 1.54) is 16.7 Å². The minimum absolute atomic E-state index is 0.191. The van der Waals surface area contributed by atoms with E-state index in [0.29, 0.717) is 6.42 Å². The minimum Gasteiger partial charge on any atom is -0.298 e. The summed E-state index contributed by atoms with van der Waals surface area (Å²) in [5.74, 6) is 0.206. The average Bonchev–Trinajstić information content (AvgIpc) is 2.54. The third-order valence-electron chi connectivity index (χ3n) is 4.30. The fraction of sp³-hybridized carbons (Fsp3) is 0.409. The molecule has 2 aromatic carbocycles. The molecule has 0 bridgehead atoms. The highest BCUT2D eigenvalue weighted by atomic mass is 16.1. The van der Waals surface area contributed by atoms with Crippen LogP contribution in [0.3, 0.4) is 0 Å². The highest BCUT2D eigenvalue weighted by Crippen LogP contribution is 2.22. The minimum atomic E-state index is 0.191. The summed E-state index contributed by atoms with van der Waals surface area (Å²) < 4.78 is 0. The molecule has 128 valence electrons. The summed E-state index contributed by atoms with van der Waals surface area (Å²) in [7, 11) is 2.12. The molecule has 0 unspecified atom stereocenters. The quantitative estimate of drug-likeness (QED) is 0.680. The lowest BCUT2D eigenvalue weighted by molar-refractivity contribution is 0.0988. The molecule has 0 aliphatic rings. The van der Waals surface area contributed by atoms with Crippen molar-refractivity contribution in [2.75, 3.05) is 7.05 Å². The number of nitrogens with zero attached hydrogens (tertiary/aromatic N) is 1. The number of hydrogen-bond donors (Lipinski definition) is 0. The van der Waals surface area contributed by atoms with Crippen molar-refractivity contribution in [2.45, 2.75) is 52.6 Å². The summed E-state index contributed by atoms with van der Waals surface area (Å²) in [4.78, 5) is 14.1. The van der Waals surface area contributed by atoms with Gasteiger partial charge >= 0.3 is 0 Å². The lowest BCUT2D eigenvalue weighted by Crippen LogP contribution is -2.18. The lowest BCUT2D eigenvalue weighted by atomic mass is 9.87. The molecule has 0 aliphatic carbocycles. The molecule has 0 saturated heterocycles. The Hall–Kier alpha value is -1.93. The lowest BCUT2D eigenvalue weighted by Gasteiger charge is -2.21. The molecular formula is C22H29NO. The van der Waals surface area contributed by atoms with Crippen molar-refractivity contribution in [2.24, 2.45) is 0 Å². The second-order valence-electron chi connectivity index (χ2n) is 7.60. The Kier molecular flexibility index (Phi) is 5.95. The van der Waals surface area contributed by atoms with Gasteiger partial charge in [0, 0.05) is 25.1 Å². The van der Waals surface area contributed by atoms with Gasteiger partial charge in [0.2, 0.25) is 0 Å². The second kappa shape index (κ2) is 7.76. The van der Waals surface area contributed by atoms with E-state index in [4.69, 9.17) is 0 Å². The molecule has 0 atom stereocenters. The molecule has 0 aliphatic heterocycles. The zero-order valence-electron chi connectivity index (χ0n) is 15.6. The summed E-state index contributed by atoms with van der Waals surface area (Å²) in [6, 6.07) is 16.9. The number of rotatable bonds is 6. The van der Waals surface area contributed by atoms with E-state index in [9.17, 15) is 4.79 Å². The fourth-order valence-electron chi connectivity index (χ4n) is 2.84. The van der Waals surface area contributed by atoms with E-state index in [1.54, 1.807) is 0 Å². The molecule has 0 radical (unpaired) electrons. The standard InChI is InChI=1S/C22H29NO/c1-6-21(24)19-9-7-8-18(14-19)16-23(5)15-17-10-12-20(13-11-17)22(2,3)4/h7-14H,6,15-16H2,1-5H3. The number of hydrogen-bond acceptors (Lipinski definition) is 2. The highest BCUT2D eigenvalue weighted by molar-refractivity contribution is 5.95. The molecule has 2 rings (SSSR count). The Labute approximate surface area is 146 Å². The van der Waals surface area contributed by atoms with Gasteiger partial charge in [0.1, 0.15) is 0 Å². The van der Waals surface area contributed by atoms with Gasteiger partial charge in [-0.1, -0.05) is 70.2 Å². The monoisotopic (exact) mass is 323 g/mol. The zero-order valence-corrected chi connectivity index (χ0v) is 15.6. The van der Waals surface area contributed by atoms with Gasteiger partial charge in [-0.2, -0.15) is 0 Å². The Balaban J connectivity index is 2.00. The van der Waals surface area contributed by atoms with E-state index in [2.05, 4.69) is 63.1 Å². The van der Waals surface area contributed by atoms with Crippen LogP contribution < -0.4 is 0 Å². The molecule has 0 heterocycles. The first-order chi connectivity index (χ1) is 11.3. The van der Waals surface area contributed by atoms with E-state index in [0.717, 1.165) is 18.7 Å². The summed E-state index contributed by atoms with van der Waals surface area (Å²) in [6.07, 6.45) is 0.555. The van der Waals surface area contributed by atoms with Gasteiger partial charge in [0.05, 0.1) is 0 Å². The number of carbonyl (C=O) groups is 1. The molecule has 2 aromatic rings. The van der Waals surface area contributed by atoms with E-state index in [-0.39, 0.29) is 11.2 Å². The largest absolute Gasteiger partial charge is 0.298 e. The van der Waals surface area contributed by atoms with Crippen molar-refractivity contribution in [1.82, 2.24) is 4.90 Å². The first-order valence-corrected chi connectivity index (χ1v) is 8.69. The van der Waals surface area contributed by atoms with Gasteiger partial charge in [-0.05, 0) is 35.2 Å². The van der Waals surface area contributed by atoms with Crippen LogP contribution in [0.4, 0.5) is 0 Å². The fourth-order valence-corrected chi connectivity index (χ4v) is 2.84. The van der Waals surface area contributed by atoms with Crippen LogP contribution in [-0.2, 0) is 18.5 Å². The summed E-state index contributed by atoms with van der Waals surface area (Å²) in [5, 5.41) is 0. The first-order valence-electron chi connectivity index (χ1n) is 8.69. The molecular weight excluding hydrogens is 294 g/mol. The maximum absolute atomic E-state index is 11.8. The number of Topliss-reactive ketones (excluding diaryl/α,β-unsaturated/α-hetero) is 1. The summed E-state index contributed by atoms with van der Waals surface area (Å²) in [5.41, 5.74) is 4.86. The predicted molar refractivity (Wildman–Crippen MR) is 101 cm³/mol. The van der Waals surface area contributed by atoms with E-state index in [1.807, 2.05) is 25.1 Å². The van der Waals surface area contributed by atoms with Gasteiger partial charge in [-0.3, -0.25) is 9.69 Å². The topological polar surface area (TPSA) is 20.3 Å². The Morgan fingerprint density at radius 3 is 2.17 bits per heavy atom.